The smallest absolute Gasteiger partial charge is 0.252 e. The highest BCUT2D eigenvalue weighted by molar-refractivity contribution is 7.89. The molecule has 2 aliphatic rings. The van der Waals surface area contributed by atoms with Gasteiger partial charge in [-0.05, 0) is 73.5 Å². The molecule has 0 bridgehead atoms. The Kier molecular flexibility index (Phi) is 6.52. The van der Waals surface area contributed by atoms with E-state index in [1.165, 1.54) is 16.4 Å². The van der Waals surface area contributed by atoms with Crippen molar-refractivity contribution in [3.05, 3.63) is 78.6 Å². The first-order valence-corrected chi connectivity index (χ1v) is 14.4. The lowest BCUT2D eigenvalue weighted by molar-refractivity contribution is -0.122. The van der Waals surface area contributed by atoms with Gasteiger partial charge in [-0.15, -0.1) is 0 Å². The number of aromatic nitrogens is 1. The lowest BCUT2D eigenvalue weighted by atomic mass is 9.94. The van der Waals surface area contributed by atoms with Gasteiger partial charge in [0.25, 0.3) is 5.91 Å². The van der Waals surface area contributed by atoms with E-state index < -0.39 is 39.7 Å². The molecule has 2 heterocycles. The molecule has 1 aliphatic heterocycles. The van der Waals surface area contributed by atoms with Crippen LogP contribution in [0.1, 0.15) is 38.5 Å². The second-order valence-corrected chi connectivity index (χ2v) is 11.7. The summed E-state index contributed by atoms with van der Waals surface area (Å²) < 4.78 is 48.2. The lowest BCUT2D eigenvalue weighted by Crippen LogP contribution is -2.51. The largest absolute Gasteiger partial charge is 0.436 e. The van der Waals surface area contributed by atoms with E-state index in [0.717, 1.165) is 41.8 Å². The Bertz CT molecular complexity index is 1610. The minimum atomic E-state index is -4.17. The number of hydrogen-bond acceptors (Lipinski definition) is 6. The van der Waals surface area contributed by atoms with Gasteiger partial charge in [-0.25, -0.2) is 22.7 Å². The summed E-state index contributed by atoms with van der Waals surface area (Å²) in [4.78, 5) is 32.3. The number of carbonyl (C=O) groups is 2. The van der Waals surface area contributed by atoms with Gasteiger partial charge in [0.2, 0.25) is 21.8 Å². The summed E-state index contributed by atoms with van der Waals surface area (Å²) in [5.41, 5.74) is 2.38. The number of oxazole rings is 1. The van der Waals surface area contributed by atoms with Gasteiger partial charge in [-0.3, -0.25) is 9.59 Å². The van der Waals surface area contributed by atoms with Crippen LogP contribution in [0.4, 0.5) is 10.1 Å². The predicted octanol–water partition coefficient (Wildman–Crippen LogP) is 5.29. The molecule has 0 spiro atoms. The van der Waals surface area contributed by atoms with E-state index in [4.69, 9.17) is 4.42 Å². The number of anilines is 1. The first-order valence-electron chi connectivity index (χ1n) is 12.9. The molecule has 1 aliphatic carbocycles. The molecule has 2 fully saturated rings. The zero-order valence-corrected chi connectivity index (χ0v) is 21.8. The fourth-order valence-corrected chi connectivity index (χ4v) is 7.34. The number of sulfonamides is 1. The van der Waals surface area contributed by atoms with Gasteiger partial charge in [0.15, 0.2) is 5.58 Å². The third kappa shape index (κ3) is 4.63. The summed E-state index contributed by atoms with van der Waals surface area (Å²) in [7, 11) is -4.17. The molecule has 1 saturated heterocycles. The van der Waals surface area contributed by atoms with E-state index in [-0.39, 0.29) is 11.3 Å². The van der Waals surface area contributed by atoms with Crippen molar-refractivity contribution >= 4 is 38.6 Å². The van der Waals surface area contributed by atoms with Crippen molar-refractivity contribution in [1.29, 1.82) is 0 Å². The summed E-state index contributed by atoms with van der Waals surface area (Å²) in [6, 6.07) is 17.0. The summed E-state index contributed by atoms with van der Waals surface area (Å²) in [6.45, 7) is 0. The molecule has 200 valence electrons. The fourth-order valence-electron chi connectivity index (χ4n) is 5.52. The van der Waals surface area contributed by atoms with Crippen LogP contribution in [0.15, 0.2) is 82.1 Å². The molecule has 1 unspecified atom stereocenters. The molecule has 3 aromatic carbocycles. The van der Waals surface area contributed by atoms with E-state index in [1.54, 1.807) is 24.3 Å². The number of imide groups is 1. The summed E-state index contributed by atoms with van der Waals surface area (Å²) in [5.74, 6) is -1.22. The molecule has 2 amide bonds. The molecule has 39 heavy (non-hydrogen) atoms. The van der Waals surface area contributed by atoms with Gasteiger partial charge in [-0.2, -0.15) is 4.31 Å². The van der Waals surface area contributed by atoms with Crippen molar-refractivity contribution in [2.75, 3.05) is 4.90 Å². The fraction of sp³-hybridized carbons (Fsp3) is 0.276. The summed E-state index contributed by atoms with van der Waals surface area (Å²) >= 11 is 0. The molecular weight excluding hydrogens is 521 g/mol. The van der Waals surface area contributed by atoms with Gasteiger partial charge in [0.1, 0.15) is 17.4 Å². The van der Waals surface area contributed by atoms with Crippen molar-refractivity contribution < 1.29 is 26.8 Å². The molecule has 1 atom stereocenters. The topological polar surface area (TPSA) is 101 Å². The number of carbonyl (C=O) groups excluding carboxylic acids is 2. The van der Waals surface area contributed by atoms with Crippen LogP contribution in [0, 0.1) is 5.82 Å². The standard InChI is InChI=1S/C29H26FN3O5S/c30-20-12-16-23(17-13-20)39(36,37)33(22-6-2-1-3-7-22)25-18-27(34)32(29(25)35)21-14-10-19(11-15-21)28-31-24-8-4-5-9-26(24)38-28/h4-5,8-17,22,25H,1-3,6-7,18H2. The molecule has 0 radical (unpaired) electrons. The van der Waals surface area contributed by atoms with Crippen LogP contribution in [0.25, 0.3) is 22.6 Å². The maximum absolute atomic E-state index is 13.8. The molecular formula is C29H26FN3O5S. The second-order valence-electron chi connectivity index (χ2n) is 9.90. The number of benzene rings is 3. The highest BCUT2D eigenvalue weighted by atomic mass is 32.2. The van der Waals surface area contributed by atoms with E-state index in [2.05, 4.69) is 4.98 Å². The van der Waals surface area contributed by atoms with E-state index in [0.29, 0.717) is 35.6 Å². The highest BCUT2D eigenvalue weighted by Gasteiger charge is 2.49. The Morgan fingerprint density at radius 1 is 0.897 bits per heavy atom. The second kappa shape index (κ2) is 10.0. The average molecular weight is 548 g/mol. The zero-order chi connectivity index (χ0) is 27.1. The number of para-hydroxylation sites is 2. The van der Waals surface area contributed by atoms with E-state index in [9.17, 15) is 22.4 Å². The van der Waals surface area contributed by atoms with Crippen LogP contribution in [-0.2, 0) is 19.6 Å². The van der Waals surface area contributed by atoms with Gasteiger partial charge in [0.05, 0.1) is 17.0 Å². The van der Waals surface area contributed by atoms with E-state index >= 15 is 0 Å². The summed E-state index contributed by atoms with van der Waals surface area (Å²) in [6.07, 6.45) is 3.57. The third-order valence-corrected chi connectivity index (χ3v) is 9.40. The van der Waals surface area contributed by atoms with Crippen LogP contribution in [0.5, 0.6) is 0 Å². The monoisotopic (exact) mass is 547 g/mol. The lowest BCUT2D eigenvalue weighted by Gasteiger charge is -2.36. The van der Waals surface area contributed by atoms with Crippen molar-refractivity contribution in [2.45, 2.75) is 55.5 Å². The maximum Gasteiger partial charge on any atom is 0.252 e. The number of nitrogens with zero attached hydrogens (tertiary/aromatic N) is 3. The molecule has 0 N–H and O–H groups in total. The maximum atomic E-state index is 13.8. The van der Waals surface area contributed by atoms with Crippen molar-refractivity contribution in [2.24, 2.45) is 0 Å². The van der Waals surface area contributed by atoms with Crippen LogP contribution in [-0.4, -0.2) is 41.6 Å². The van der Waals surface area contributed by atoms with Crippen molar-refractivity contribution in [1.82, 2.24) is 9.29 Å². The molecule has 1 saturated carbocycles. The molecule has 10 heteroatoms. The normalized spacial score (nSPS) is 18.9. The van der Waals surface area contributed by atoms with Gasteiger partial charge in [0, 0.05) is 11.6 Å². The Morgan fingerprint density at radius 3 is 2.28 bits per heavy atom. The van der Waals surface area contributed by atoms with Gasteiger partial charge in [-0.1, -0.05) is 31.4 Å². The number of halogens is 1. The minimum absolute atomic E-state index is 0.101. The highest BCUT2D eigenvalue weighted by Crippen LogP contribution is 2.36. The predicted molar refractivity (Wildman–Crippen MR) is 143 cm³/mol. The molecule has 1 aromatic heterocycles. The Balaban J connectivity index is 1.31. The zero-order valence-electron chi connectivity index (χ0n) is 21.0. The Morgan fingerprint density at radius 2 is 1.59 bits per heavy atom. The molecule has 8 nitrogen and oxygen atoms in total. The van der Waals surface area contributed by atoms with Crippen LogP contribution in [0.3, 0.4) is 0 Å². The van der Waals surface area contributed by atoms with Crippen LogP contribution in [0.2, 0.25) is 0 Å². The Hall–Kier alpha value is -3.89. The van der Waals surface area contributed by atoms with Crippen molar-refractivity contribution in [3.8, 4) is 11.5 Å². The van der Waals surface area contributed by atoms with Gasteiger partial charge < -0.3 is 4.42 Å². The number of rotatable bonds is 6. The number of amides is 2. The first kappa shape index (κ1) is 25.4. The van der Waals surface area contributed by atoms with Crippen LogP contribution < -0.4 is 4.90 Å². The quantitative estimate of drug-likeness (QED) is 0.304. The molecule has 6 rings (SSSR count). The van der Waals surface area contributed by atoms with Crippen molar-refractivity contribution in [3.63, 3.8) is 0 Å². The van der Waals surface area contributed by atoms with E-state index in [1.807, 2.05) is 24.3 Å². The van der Waals surface area contributed by atoms with Gasteiger partial charge >= 0.3 is 0 Å². The van der Waals surface area contributed by atoms with Crippen LogP contribution >= 0.6 is 0 Å². The average Bonchev–Trinajstić information content (AvgIpc) is 3.50. The molecule has 4 aromatic rings. The Labute approximate surface area is 225 Å². The SMILES string of the molecule is O=C1CC(N(C2CCCCC2)S(=O)(=O)c2ccc(F)cc2)C(=O)N1c1ccc(-c2nc3ccccc3o2)cc1. The number of hydrogen-bond donors (Lipinski definition) is 0. The summed E-state index contributed by atoms with van der Waals surface area (Å²) in [5, 5.41) is 0. The minimum Gasteiger partial charge on any atom is -0.436 e. The third-order valence-electron chi connectivity index (χ3n) is 7.42. The first-order chi connectivity index (χ1) is 18.8. The number of fused-ring (bicyclic) bond motifs is 1.